The van der Waals surface area contributed by atoms with Gasteiger partial charge in [-0.25, -0.2) is 0 Å². The number of anilines is 1. The first-order valence-electron chi connectivity index (χ1n) is 7.51. The molecule has 2 fully saturated rings. The molecule has 1 atom stereocenters. The number of nitrogens with zero attached hydrogens (tertiary/aromatic N) is 1. The van der Waals surface area contributed by atoms with Crippen molar-refractivity contribution in [2.45, 2.75) is 25.4 Å². The average Bonchev–Trinajstić information content (AvgIpc) is 2.67. The molecule has 2 saturated heterocycles. The van der Waals surface area contributed by atoms with Gasteiger partial charge in [-0.1, -0.05) is 12.1 Å². The van der Waals surface area contributed by atoms with Crippen LogP contribution in [0.25, 0.3) is 0 Å². The molecule has 1 aromatic rings. The first kappa shape index (κ1) is 15.3. The first-order chi connectivity index (χ1) is 10.2. The maximum atomic E-state index is 12.3. The Labute approximate surface area is 135 Å². The standard InChI is InChI=1S/C16H22N2OS2/c1-12-3-2-4-15(7-12)18-9-13(8-16(18)19)17-14-10-20-5-6-21-11-14/h2-4,7,13-14,17H,5-6,8-11H2,1H3. The fourth-order valence-corrected chi connectivity index (χ4v) is 5.33. The fourth-order valence-electron chi connectivity index (χ4n) is 2.91. The van der Waals surface area contributed by atoms with Crippen LogP contribution in [0.3, 0.4) is 0 Å². The lowest BCUT2D eigenvalue weighted by Crippen LogP contribution is -2.42. The van der Waals surface area contributed by atoms with E-state index < -0.39 is 0 Å². The van der Waals surface area contributed by atoms with Crippen LogP contribution in [0.4, 0.5) is 5.69 Å². The summed E-state index contributed by atoms with van der Waals surface area (Å²) in [6.07, 6.45) is 0.625. The van der Waals surface area contributed by atoms with Gasteiger partial charge in [-0.05, 0) is 24.6 Å². The van der Waals surface area contributed by atoms with E-state index in [2.05, 4.69) is 24.4 Å². The summed E-state index contributed by atoms with van der Waals surface area (Å²) in [6, 6.07) is 9.05. The predicted molar refractivity (Wildman–Crippen MR) is 93.5 cm³/mol. The van der Waals surface area contributed by atoms with Gasteiger partial charge in [0.05, 0.1) is 0 Å². The number of benzene rings is 1. The highest BCUT2D eigenvalue weighted by Gasteiger charge is 2.32. The van der Waals surface area contributed by atoms with Crippen molar-refractivity contribution in [3.63, 3.8) is 0 Å². The Bertz CT molecular complexity index is 501. The number of nitrogens with one attached hydrogen (secondary N) is 1. The molecule has 2 heterocycles. The van der Waals surface area contributed by atoms with Crippen molar-refractivity contribution < 1.29 is 4.79 Å². The van der Waals surface area contributed by atoms with Crippen molar-refractivity contribution in [2.24, 2.45) is 0 Å². The highest BCUT2D eigenvalue weighted by molar-refractivity contribution is 8.03. The Morgan fingerprint density at radius 1 is 1.19 bits per heavy atom. The maximum Gasteiger partial charge on any atom is 0.228 e. The third-order valence-corrected chi connectivity index (χ3v) is 6.44. The number of rotatable bonds is 3. The SMILES string of the molecule is Cc1cccc(N2CC(NC3CSCCSC3)CC2=O)c1. The Kier molecular flexibility index (Phi) is 5.14. The summed E-state index contributed by atoms with van der Waals surface area (Å²) in [4.78, 5) is 14.2. The maximum absolute atomic E-state index is 12.3. The summed E-state index contributed by atoms with van der Waals surface area (Å²) < 4.78 is 0. The molecule has 114 valence electrons. The van der Waals surface area contributed by atoms with Crippen molar-refractivity contribution in [2.75, 3.05) is 34.5 Å². The zero-order valence-corrected chi connectivity index (χ0v) is 14.0. The van der Waals surface area contributed by atoms with Crippen LogP contribution in [0.1, 0.15) is 12.0 Å². The van der Waals surface area contributed by atoms with Gasteiger partial charge >= 0.3 is 0 Å². The molecule has 3 rings (SSSR count). The minimum Gasteiger partial charge on any atom is -0.311 e. The van der Waals surface area contributed by atoms with E-state index in [-0.39, 0.29) is 5.91 Å². The third-order valence-electron chi connectivity index (χ3n) is 3.92. The molecule has 1 aromatic carbocycles. The molecule has 1 amide bonds. The molecule has 2 aliphatic heterocycles. The van der Waals surface area contributed by atoms with Gasteiger partial charge in [-0.3, -0.25) is 4.79 Å². The largest absolute Gasteiger partial charge is 0.311 e. The number of aryl methyl sites for hydroxylation is 1. The number of hydrogen-bond acceptors (Lipinski definition) is 4. The van der Waals surface area contributed by atoms with Crippen LogP contribution in [0.15, 0.2) is 24.3 Å². The Hall–Kier alpha value is -0.650. The smallest absolute Gasteiger partial charge is 0.228 e. The Morgan fingerprint density at radius 2 is 1.95 bits per heavy atom. The van der Waals surface area contributed by atoms with Gasteiger partial charge in [0.15, 0.2) is 0 Å². The highest BCUT2D eigenvalue weighted by atomic mass is 32.2. The van der Waals surface area contributed by atoms with Gasteiger partial charge in [0.25, 0.3) is 0 Å². The summed E-state index contributed by atoms with van der Waals surface area (Å²) >= 11 is 4.05. The van der Waals surface area contributed by atoms with E-state index in [9.17, 15) is 4.79 Å². The van der Waals surface area contributed by atoms with E-state index >= 15 is 0 Å². The van der Waals surface area contributed by atoms with Crippen molar-refractivity contribution in [3.8, 4) is 0 Å². The van der Waals surface area contributed by atoms with Gasteiger partial charge in [-0.2, -0.15) is 23.5 Å². The molecule has 0 spiro atoms. The molecular weight excluding hydrogens is 300 g/mol. The molecule has 0 aliphatic carbocycles. The molecular formula is C16H22N2OS2. The minimum atomic E-state index is 0.243. The molecule has 0 bridgehead atoms. The second-order valence-corrected chi connectivity index (χ2v) is 8.06. The van der Waals surface area contributed by atoms with Gasteiger partial charge in [0.2, 0.25) is 5.91 Å². The van der Waals surface area contributed by atoms with Gasteiger partial charge in [-0.15, -0.1) is 0 Å². The number of thioether (sulfide) groups is 2. The van der Waals surface area contributed by atoms with Gasteiger partial charge in [0.1, 0.15) is 0 Å². The van der Waals surface area contributed by atoms with Crippen LogP contribution < -0.4 is 10.2 Å². The van der Waals surface area contributed by atoms with Crippen molar-refractivity contribution in [3.05, 3.63) is 29.8 Å². The summed E-state index contributed by atoms with van der Waals surface area (Å²) in [5.41, 5.74) is 2.24. The van der Waals surface area contributed by atoms with Crippen molar-refractivity contribution >= 4 is 35.1 Å². The molecule has 1 N–H and O–H groups in total. The summed E-state index contributed by atoms with van der Waals surface area (Å²) in [5.74, 6) is 5.08. The van der Waals surface area contributed by atoms with E-state index in [0.29, 0.717) is 18.5 Å². The van der Waals surface area contributed by atoms with E-state index in [1.54, 1.807) is 0 Å². The second kappa shape index (κ2) is 7.07. The lowest BCUT2D eigenvalue weighted by Gasteiger charge is -2.21. The van der Waals surface area contributed by atoms with Crippen LogP contribution in [0.5, 0.6) is 0 Å². The fraction of sp³-hybridized carbons (Fsp3) is 0.562. The van der Waals surface area contributed by atoms with Gasteiger partial charge < -0.3 is 10.2 Å². The molecule has 0 aromatic heterocycles. The highest BCUT2D eigenvalue weighted by Crippen LogP contribution is 2.24. The van der Waals surface area contributed by atoms with Crippen LogP contribution in [0, 0.1) is 6.92 Å². The average molecular weight is 322 g/mol. The second-order valence-electron chi connectivity index (χ2n) is 5.76. The van der Waals surface area contributed by atoms with E-state index in [4.69, 9.17) is 0 Å². The number of carbonyl (C=O) groups excluding carboxylic acids is 1. The van der Waals surface area contributed by atoms with Crippen LogP contribution in [0.2, 0.25) is 0 Å². The van der Waals surface area contributed by atoms with Crippen LogP contribution in [-0.2, 0) is 4.79 Å². The number of carbonyl (C=O) groups is 1. The molecule has 3 nitrogen and oxygen atoms in total. The molecule has 21 heavy (non-hydrogen) atoms. The Morgan fingerprint density at radius 3 is 2.67 bits per heavy atom. The monoisotopic (exact) mass is 322 g/mol. The lowest BCUT2D eigenvalue weighted by atomic mass is 10.2. The molecule has 2 aliphatic rings. The van der Waals surface area contributed by atoms with Gasteiger partial charge in [0, 0.05) is 53.7 Å². The van der Waals surface area contributed by atoms with Crippen LogP contribution >= 0.6 is 23.5 Å². The lowest BCUT2D eigenvalue weighted by molar-refractivity contribution is -0.117. The molecule has 0 saturated carbocycles. The summed E-state index contributed by atoms with van der Waals surface area (Å²) in [6.45, 7) is 2.87. The number of hydrogen-bond donors (Lipinski definition) is 1. The molecule has 1 unspecified atom stereocenters. The molecule has 5 heteroatoms. The predicted octanol–water partition coefficient (Wildman–Crippen LogP) is 2.54. The Balaban J connectivity index is 1.61. The third kappa shape index (κ3) is 3.96. The normalized spacial score (nSPS) is 24.3. The first-order valence-corrected chi connectivity index (χ1v) is 9.82. The van der Waals surface area contributed by atoms with E-state index in [1.165, 1.54) is 28.6 Å². The minimum absolute atomic E-state index is 0.243. The van der Waals surface area contributed by atoms with E-state index in [0.717, 1.165) is 12.2 Å². The summed E-state index contributed by atoms with van der Waals surface area (Å²) in [5, 5.41) is 3.70. The number of amides is 1. The summed E-state index contributed by atoms with van der Waals surface area (Å²) in [7, 11) is 0. The molecule has 0 radical (unpaired) electrons. The van der Waals surface area contributed by atoms with E-state index in [1.807, 2.05) is 40.6 Å². The zero-order valence-electron chi connectivity index (χ0n) is 12.4. The quantitative estimate of drug-likeness (QED) is 0.927. The van der Waals surface area contributed by atoms with Crippen LogP contribution in [-0.4, -0.2) is 47.5 Å². The zero-order chi connectivity index (χ0) is 14.7. The topological polar surface area (TPSA) is 32.3 Å². The van der Waals surface area contributed by atoms with Crippen molar-refractivity contribution in [1.82, 2.24) is 5.32 Å². The van der Waals surface area contributed by atoms with Crippen molar-refractivity contribution in [1.29, 1.82) is 0 Å².